The molecule has 0 saturated heterocycles. The molecule has 1 unspecified atom stereocenters. The van der Waals surface area contributed by atoms with E-state index in [1.807, 2.05) is 12.3 Å². The maximum Gasteiger partial charge on any atom is 0.315 e. The lowest BCUT2D eigenvalue weighted by molar-refractivity contribution is -0.0290. The smallest absolute Gasteiger partial charge is 0.315 e. The van der Waals surface area contributed by atoms with Crippen LogP contribution in [0.4, 0.5) is 4.79 Å². The number of rotatable bonds is 5. The quantitative estimate of drug-likeness (QED) is 0.763. The third-order valence-corrected chi connectivity index (χ3v) is 4.21. The molecule has 1 aromatic rings. The van der Waals surface area contributed by atoms with Gasteiger partial charge in [-0.05, 0) is 25.7 Å². The topological polar surface area (TPSA) is 74.2 Å². The highest BCUT2D eigenvalue weighted by Crippen LogP contribution is 2.30. The molecule has 1 aliphatic carbocycles. The fourth-order valence-corrected chi connectivity index (χ4v) is 2.73. The Labute approximate surface area is 111 Å². The van der Waals surface area contributed by atoms with Gasteiger partial charge in [-0.15, -0.1) is 11.3 Å². The summed E-state index contributed by atoms with van der Waals surface area (Å²) >= 11 is 1.53. The zero-order valence-electron chi connectivity index (χ0n) is 10.5. The van der Waals surface area contributed by atoms with Crippen molar-refractivity contribution in [3.05, 3.63) is 16.6 Å². The van der Waals surface area contributed by atoms with Gasteiger partial charge in [0.2, 0.25) is 0 Å². The molecule has 1 fully saturated rings. The average molecular weight is 269 g/mol. The van der Waals surface area contributed by atoms with E-state index in [9.17, 15) is 9.90 Å². The molecule has 1 atom stereocenters. The molecule has 0 spiro atoms. The van der Waals surface area contributed by atoms with Gasteiger partial charge in [0.1, 0.15) is 5.01 Å². The number of hydrogen-bond donors (Lipinski definition) is 3. The van der Waals surface area contributed by atoms with Gasteiger partial charge in [-0.25, -0.2) is 9.78 Å². The van der Waals surface area contributed by atoms with Crippen LogP contribution in [-0.2, 0) is 0 Å². The molecule has 1 aliphatic rings. The summed E-state index contributed by atoms with van der Waals surface area (Å²) in [6.07, 6.45) is 5.12. The van der Waals surface area contributed by atoms with Gasteiger partial charge in [0.15, 0.2) is 0 Å². The molecule has 2 amide bonds. The summed E-state index contributed by atoms with van der Waals surface area (Å²) in [5.41, 5.74) is -0.680. The Kier molecular flexibility index (Phi) is 4.19. The van der Waals surface area contributed by atoms with Crippen LogP contribution in [-0.4, -0.2) is 28.3 Å². The molecule has 2 rings (SSSR count). The van der Waals surface area contributed by atoms with Crippen molar-refractivity contribution in [1.82, 2.24) is 15.6 Å². The second-order valence-corrected chi connectivity index (χ2v) is 5.66. The van der Waals surface area contributed by atoms with Crippen LogP contribution in [0.1, 0.15) is 43.7 Å². The first-order valence-electron chi connectivity index (χ1n) is 6.29. The summed E-state index contributed by atoms with van der Waals surface area (Å²) in [5.74, 6) is 0. The van der Waals surface area contributed by atoms with Gasteiger partial charge < -0.3 is 15.7 Å². The largest absolute Gasteiger partial charge is 0.388 e. The Morgan fingerprint density at radius 2 is 2.44 bits per heavy atom. The van der Waals surface area contributed by atoms with Crippen LogP contribution in [0.5, 0.6) is 0 Å². The lowest BCUT2D eigenvalue weighted by atomic mass is 9.80. The van der Waals surface area contributed by atoms with E-state index in [1.54, 1.807) is 6.20 Å². The molecule has 3 N–H and O–H groups in total. The van der Waals surface area contributed by atoms with E-state index in [-0.39, 0.29) is 12.1 Å². The summed E-state index contributed by atoms with van der Waals surface area (Å²) < 4.78 is 0. The molecule has 18 heavy (non-hydrogen) atoms. The molecular weight excluding hydrogens is 250 g/mol. The SMILES string of the molecule is CCC(NC(=O)NCC1(O)CCC1)c1nccs1. The monoisotopic (exact) mass is 269 g/mol. The summed E-state index contributed by atoms with van der Waals surface area (Å²) in [6.45, 7) is 2.33. The average Bonchev–Trinajstić information content (AvgIpc) is 2.84. The van der Waals surface area contributed by atoms with Crippen molar-refractivity contribution < 1.29 is 9.90 Å². The van der Waals surface area contributed by atoms with E-state index in [0.29, 0.717) is 6.54 Å². The number of urea groups is 1. The number of nitrogens with one attached hydrogen (secondary N) is 2. The fourth-order valence-electron chi connectivity index (χ4n) is 1.96. The van der Waals surface area contributed by atoms with Gasteiger partial charge in [-0.3, -0.25) is 0 Å². The van der Waals surface area contributed by atoms with Crippen LogP contribution in [0, 0.1) is 0 Å². The predicted octanol–water partition coefficient (Wildman–Crippen LogP) is 1.81. The Bertz CT molecular complexity index is 390. The molecule has 0 radical (unpaired) electrons. The van der Waals surface area contributed by atoms with Gasteiger partial charge in [0, 0.05) is 18.1 Å². The zero-order valence-corrected chi connectivity index (χ0v) is 11.3. The van der Waals surface area contributed by atoms with Crippen molar-refractivity contribution in [1.29, 1.82) is 0 Å². The number of aliphatic hydroxyl groups is 1. The van der Waals surface area contributed by atoms with E-state index in [1.165, 1.54) is 11.3 Å². The van der Waals surface area contributed by atoms with Gasteiger partial charge in [-0.2, -0.15) is 0 Å². The number of nitrogens with zero attached hydrogens (tertiary/aromatic N) is 1. The van der Waals surface area contributed by atoms with Crippen LogP contribution >= 0.6 is 11.3 Å². The summed E-state index contributed by atoms with van der Waals surface area (Å²) in [7, 11) is 0. The summed E-state index contributed by atoms with van der Waals surface area (Å²) in [5, 5.41) is 18.3. The van der Waals surface area contributed by atoms with Crippen molar-refractivity contribution in [2.45, 2.75) is 44.2 Å². The van der Waals surface area contributed by atoms with Crippen LogP contribution in [0.3, 0.4) is 0 Å². The molecule has 1 saturated carbocycles. The van der Waals surface area contributed by atoms with Gasteiger partial charge >= 0.3 is 6.03 Å². The van der Waals surface area contributed by atoms with Crippen molar-refractivity contribution in [3.63, 3.8) is 0 Å². The second kappa shape index (κ2) is 5.67. The maximum absolute atomic E-state index is 11.7. The Balaban J connectivity index is 1.79. The van der Waals surface area contributed by atoms with Gasteiger partial charge in [0.05, 0.1) is 11.6 Å². The number of amides is 2. The molecule has 100 valence electrons. The molecule has 5 nitrogen and oxygen atoms in total. The highest BCUT2D eigenvalue weighted by atomic mass is 32.1. The minimum atomic E-state index is -0.680. The maximum atomic E-state index is 11.7. The lowest BCUT2D eigenvalue weighted by Crippen LogP contribution is -2.50. The van der Waals surface area contributed by atoms with Crippen molar-refractivity contribution >= 4 is 17.4 Å². The fraction of sp³-hybridized carbons (Fsp3) is 0.667. The Morgan fingerprint density at radius 3 is 2.94 bits per heavy atom. The first kappa shape index (κ1) is 13.3. The van der Waals surface area contributed by atoms with Crippen LogP contribution in [0.25, 0.3) is 0 Å². The number of thiazole rings is 1. The normalized spacial score (nSPS) is 18.8. The predicted molar refractivity (Wildman–Crippen MR) is 70.5 cm³/mol. The van der Waals surface area contributed by atoms with Crippen LogP contribution in [0.2, 0.25) is 0 Å². The Morgan fingerprint density at radius 1 is 1.67 bits per heavy atom. The number of aromatic nitrogens is 1. The summed E-state index contributed by atoms with van der Waals surface area (Å²) in [4.78, 5) is 15.9. The third-order valence-electron chi connectivity index (χ3n) is 3.33. The van der Waals surface area contributed by atoms with E-state index in [2.05, 4.69) is 15.6 Å². The highest BCUT2D eigenvalue weighted by molar-refractivity contribution is 7.09. The van der Waals surface area contributed by atoms with E-state index >= 15 is 0 Å². The third kappa shape index (κ3) is 3.20. The van der Waals surface area contributed by atoms with Crippen molar-refractivity contribution in [2.75, 3.05) is 6.54 Å². The summed E-state index contributed by atoms with van der Waals surface area (Å²) in [6, 6.07) is -0.293. The molecule has 6 heteroatoms. The van der Waals surface area contributed by atoms with E-state index in [4.69, 9.17) is 0 Å². The molecule has 1 heterocycles. The number of carbonyl (C=O) groups excluding carboxylic acids is 1. The van der Waals surface area contributed by atoms with Crippen LogP contribution in [0.15, 0.2) is 11.6 Å². The highest BCUT2D eigenvalue weighted by Gasteiger charge is 2.34. The van der Waals surface area contributed by atoms with Gasteiger partial charge in [-0.1, -0.05) is 6.92 Å². The molecule has 0 aromatic carbocycles. The second-order valence-electron chi connectivity index (χ2n) is 4.74. The minimum absolute atomic E-state index is 0.0546. The number of carbonyl (C=O) groups is 1. The molecule has 0 aliphatic heterocycles. The van der Waals surface area contributed by atoms with Crippen LogP contribution < -0.4 is 10.6 Å². The van der Waals surface area contributed by atoms with Crippen molar-refractivity contribution in [3.8, 4) is 0 Å². The van der Waals surface area contributed by atoms with E-state index < -0.39 is 5.60 Å². The lowest BCUT2D eigenvalue weighted by Gasteiger charge is -2.36. The molecular formula is C12H19N3O2S. The minimum Gasteiger partial charge on any atom is -0.388 e. The van der Waals surface area contributed by atoms with E-state index in [0.717, 1.165) is 30.7 Å². The first-order chi connectivity index (χ1) is 8.63. The Hall–Kier alpha value is -1.14. The molecule has 1 aromatic heterocycles. The number of hydrogen-bond acceptors (Lipinski definition) is 4. The zero-order chi connectivity index (χ0) is 13.0. The van der Waals surface area contributed by atoms with Crippen molar-refractivity contribution in [2.24, 2.45) is 0 Å². The molecule has 0 bridgehead atoms. The standard InChI is InChI=1S/C12H19N3O2S/c1-2-9(10-13-6-7-18-10)15-11(16)14-8-12(17)4-3-5-12/h6-7,9,17H,2-5,8H2,1H3,(H2,14,15,16). The van der Waals surface area contributed by atoms with Gasteiger partial charge in [0.25, 0.3) is 0 Å². The first-order valence-corrected chi connectivity index (χ1v) is 7.17.